The Bertz CT molecular complexity index is 787. The highest BCUT2D eigenvalue weighted by Gasteiger charge is 2.08. The van der Waals surface area contributed by atoms with Crippen molar-refractivity contribution in [1.29, 1.82) is 0 Å². The second kappa shape index (κ2) is 7.01. The minimum atomic E-state index is 0.541. The van der Waals surface area contributed by atoms with Crippen LogP contribution >= 0.6 is 0 Å². The number of rotatable bonds is 6. The molecule has 0 saturated carbocycles. The molecular weight excluding hydrogens is 286 g/mol. The van der Waals surface area contributed by atoms with Gasteiger partial charge in [0.15, 0.2) is 0 Å². The van der Waals surface area contributed by atoms with Gasteiger partial charge in [-0.05, 0) is 30.2 Å². The van der Waals surface area contributed by atoms with Gasteiger partial charge in [-0.3, -0.25) is 4.98 Å². The molecule has 3 rings (SSSR count). The van der Waals surface area contributed by atoms with Crippen molar-refractivity contribution in [2.24, 2.45) is 0 Å². The maximum absolute atomic E-state index is 6.08. The number of benzene rings is 2. The summed E-state index contributed by atoms with van der Waals surface area (Å²) in [6.07, 6.45) is 2.73. The largest absolute Gasteiger partial charge is 0.489 e. The van der Waals surface area contributed by atoms with Gasteiger partial charge in [0, 0.05) is 11.9 Å². The molecule has 0 saturated heterocycles. The van der Waals surface area contributed by atoms with Crippen molar-refractivity contribution in [3.05, 3.63) is 60.3 Å². The average Bonchev–Trinajstić information content (AvgIpc) is 2.60. The maximum atomic E-state index is 6.08. The predicted molar refractivity (Wildman–Crippen MR) is 95.7 cm³/mol. The zero-order valence-corrected chi connectivity index (χ0v) is 13.3. The molecule has 0 aliphatic carbocycles. The third-order valence-electron chi connectivity index (χ3n) is 3.67. The summed E-state index contributed by atoms with van der Waals surface area (Å²) >= 11 is 0. The van der Waals surface area contributed by atoms with Gasteiger partial charge >= 0.3 is 0 Å². The second-order valence-corrected chi connectivity index (χ2v) is 5.47. The van der Waals surface area contributed by atoms with Crippen LogP contribution in [0.5, 0.6) is 5.75 Å². The standard InChI is InChI=1S/C19H21N3O/c1-2-10-21-19-16-11-15(8-9-18(16)22-12-17(19)20)23-13-14-6-4-3-5-7-14/h3-9,11-12H,2,10,13,20H2,1H3,(H,21,22). The summed E-state index contributed by atoms with van der Waals surface area (Å²) in [6.45, 7) is 3.54. The van der Waals surface area contributed by atoms with E-state index in [0.29, 0.717) is 12.3 Å². The Morgan fingerprint density at radius 2 is 1.96 bits per heavy atom. The van der Waals surface area contributed by atoms with Gasteiger partial charge in [0.1, 0.15) is 12.4 Å². The lowest BCUT2D eigenvalue weighted by Gasteiger charge is -2.13. The summed E-state index contributed by atoms with van der Waals surface area (Å²) < 4.78 is 5.90. The van der Waals surface area contributed by atoms with Crippen molar-refractivity contribution in [1.82, 2.24) is 4.98 Å². The molecule has 0 atom stereocenters. The number of anilines is 2. The van der Waals surface area contributed by atoms with Crippen LogP contribution in [0.15, 0.2) is 54.7 Å². The number of fused-ring (bicyclic) bond motifs is 1. The lowest BCUT2D eigenvalue weighted by Crippen LogP contribution is -2.04. The zero-order chi connectivity index (χ0) is 16.1. The Kier molecular flexibility index (Phi) is 4.62. The third kappa shape index (κ3) is 3.54. The van der Waals surface area contributed by atoms with E-state index < -0.39 is 0 Å². The van der Waals surface area contributed by atoms with Crippen LogP contribution in [0.25, 0.3) is 10.9 Å². The summed E-state index contributed by atoms with van der Waals surface area (Å²) in [5.74, 6) is 0.813. The predicted octanol–water partition coefficient (Wildman–Crippen LogP) is 4.22. The van der Waals surface area contributed by atoms with Gasteiger partial charge in [0.25, 0.3) is 0 Å². The molecule has 23 heavy (non-hydrogen) atoms. The Labute approximate surface area is 136 Å². The highest BCUT2D eigenvalue weighted by atomic mass is 16.5. The van der Waals surface area contributed by atoms with Gasteiger partial charge in [0.05, 0.1) is 23.1 Å². The molecule has 0 bridgehead atoms. The fraction of sp³-hybridized carbons (Fsp3) is 0.211. The van der Waals surface area contributed by atoms with Crippen molar-refractivity contribution in [2.45, 2.75) is 20.0 Å². The molecular formula is C19H21N3O. The number of aromatic nitrogens is 1. The number of nitrogens with zero attached hydrogens (tertiary/aromatic N) is 1. The van der Waals surface area contributed by atoms with E-state index in [9.17, 15) is 0 Å². The quantitative estimate of drug-likeness (QED) is 0.716. The van der Waals surface area contributed by atoms with E-state index in [2.05, 4.69) is 29.4 Å². The van der Waals surface area contributed by atoms with Crippen LogP contribution in [0.1, 0.15) is 18.9 Å². The number of ether oxygens (including phenoxy) is 1. The Morgan fingerprint density at radius 1 is 1.13 bits per heavy atom. The SMILES string of the molecule is CCCNc1c(N)cnc2ccc(OCc3ccccc3)cc12. The number of hydrogen-bond donors (Lipinski definition) is 2. The van der Waals surface area contributed by atoms with Crippen LogP contribution in [-0.4, -0.2) is 11.5 Å². The molecule has 1 heterocycles. The molecule has 118 valence electrons. The Morgan fingerprint density at radius 3 is 2.74 bits per heavy atom. The van der Waals surface area contributed by atoms with E-state index in [1.807, 2.05) is 36.4 Å². The number of nitrogens with one attached hydrogen (secondary N) is 1. The van der Waals surface area contributed by atoms with Gasteiger partial charge in [-0.1, -0.05) is 37.3 Å². The summed E-state index contributed by atoms with van der Waals surface area (Å²) in [6, 6.07) is 16.0. The zero-order valence-electron chi connectivity index (χ0n) is 13.3. The van der Waals surface area contributed by atoms with Gasteiger partial charge in [-0.15, -0.1) is 0 Å². The highest BCUT2D eigenvalue weighted by Crippen LogP contribution is 2.31. The van der Waals surface area contributed by atoms with E-state index >= 15 is 0 Å². The maximum Gasteiger partial charge on any atom is 0.120 e. The third-order valence-corrected chi connectivity index (χ3v) is 3.67. The molecule has 4 heteroatoms. The first-order chi connectivity index (χ1) is 11.3. The summed E-state index contributed by atoms with van der Waals surface area (Å²) in [5.41, 5.74) is 9.72. The monoisotopic (exact) mass is 307 g/mol. The van der Waals surface area contributed by atoms with Crippen molar-refractivity contribution in [3.63, 3.8) is 0 Å². The van der Waals surface area contributed by atoms with Crippen LogP contribution < -0.4 is 15.8 Å². The first-order valence-electron chi connectivity index (χ1n) is 7.86. The average molecular weight is 307 g/mol. The summed E-state index contributed by atoms with van der Waals surface area (Å²) in [7, 11) is 0. The van der Waals surface area contributed by atoms with Crippen molar-refractivity contribution < 1.29 is 4.74 Å². The normalized spacial score (nSPS) is 10.7. The van der Waals surface area contributed by atoms with Crippen molar-refractivity contribution in [3.8, 4) is 5.75 Å². The fourth-order valence-electron chi connectivity index (χ4n) is 2.47. The van der Waals surface area contributed by atoms with Crippen molar-refractivity contribution in [2.75, 3.05) is 17.6 Å². The number of nitrogens with two attached hydrogens (primary N) is 1. The van der Waals surface area contributed by atoms with E-state index in [-0.39, 0.29) is 0 Å². The molecule has 0 radical (unpaired) electrons. The van der Waals surface area contributed by atoms with Crippen LogP contribution in [0.3, 0.4) is 0 Å². The molecule has 0 fully saturated rings. The number of pyridine rings is 1. The molecule has 3 N–H and O–H groups in total. The first-order valence-corrected chi connectivity index (χ1v) is 7.86. The minimum Gasteiger partial charge on any atom is -0.489 e. The van der Waals surface area contributed by atoms with Gasteiger partial charge in [0.2, 0.25) is 0 Å². The van der Waals surface area contributed by atoms with Gasteiger partial charge in [-0.25, -0.2) is 0 Å². The molecule has 3 aromatic rings. The smallest absolute Gasteiger partial charge is 0.120 e. The number of nitrogen functional groups attached to an aromatic ring is 1. The molecule has 0 aliphatic rings. The topological polar surface area (TPSA) is 60.2 Å². The highest BCUT2D eigenvalue weighted by molar-refractivity contribution is 5.97. The fourth-order valence-corrected chi connectivity index (χ4v) is 2.47. The van der Waals surface area contributed by atoms with Crippen LogP contribution in [-0.2, 0) is 6.61 Å². The molecule has 0 amide bonds. The van der Waals surface area contributed by atoms with Crippen molar-refractivity contribution >= 4 is 22.3 Å². The molecule has 0 aliphatic heterocycles. The summed E-state index contributed by atoms with van der Waals surface area (Å²) in [5, 5.41) is 4.38. The molecule has 1 aromatic heterocycles. The molecule has 2 aromatic carbocycles. The van der Waals surface area contributed by atoms with Crippen LogP contribution in [0, 0.1) is 0 Å². The lowest BCUT2D eigenvalue weighted by molar-refractivity contribution is 0.306. The molecule has 0 unspecified atom stereocenters. The van der Waals surface area contributed by atoms with Crippen LogP contribution in [0.4, 0.5) is 11.4 Å². The summed E-state index contributed by atoms with van der Waals surface area (Å²) in [4.78, 5) is 4.39. The van der Waals surface area contributed by atoms with E-state index in [0.717, 1.165) is 40.9 Å². The molecule has 4 nitrogen and oxygen atoms in total. The second-order valence-electron chi connectivity index (χ2n) is 5.47. The first kappa shape index (κ1) is 15.2. The van der Waals surface area contributed by atoms with E-state index in [1.165, 1.54) is 0 Å². The van der Waals surface area contributed by atoms with E-state index in [4.69, 9.17) is 10.5 Å². The minimum absolute atomic E-state index is 0.541. The Balaban J connectivity index is 1.87. The molecule has 0 spiro atoms. The van der Waals surface area contributed by atoms with Gasteiger partial charge in [-0.2, -0.15) is 0 Å². The Hall–Kier alpha value is -2.75. The lowest BCUT2D eigenvalue weighted by atomic mass is 10.1. The van der Waals surface area contributed by atoms with Crippen LogP contribution in [0.2, 0.25) is 0 Å². The number of hydrogen-bond acceptors (Lipinski definition) is 4. The van der Waals surface area contributed by atoms with E-state index in [1.54, 1.807) is 6.20 Å². The van der Waals surface area contributed by atoms with Gasteiger partial charge < -0.3 is 15.8 Å².